The molecule has 5 heteroatoms. The highest BCUT2D eigenvalue weighted by Crippen LogP contribution is 1.98. The van der Waals surface area contributed by atoms with Crippen LogP contribution in [0.1, 0.15) is 13.0 Å². The van der Waals surface area contributed by atoms with E-state index in [1.807, 2.05) is 0 Å². The molecule has 0 bridgehead atoms. The molecule has 0 saturated heterocycles. The summed E-state index contributed by atoms with van der Waals surface area (Å²) in [6.45, 7) is 1.52. The van der Waals surface area contributed by atoms with Crippen LogP contribution in [-0.4, -0.2) is 26.1 Å². The standard InChI is InChI=1S/C5H7N3O2/c1-4(5(9)10)8-6-2-3-7-8/h2-4H,1H3,(H,9,10)/t4-/m1/s1. The van der Waals surface area contributed by atoms with Crippen molar-refractivity contribution in [2.75, 3.05) is 0 Å². The predicted molar refractivity (Wildman–Crippen MR) is 32.4 cm³/mol. The Morgan fingerprint density at radius 3 is 2.50 bits per heavy atom. The highest BCUT2D eigenvalue weighted by atomic mass is 16.4. The molecule has 0 aliphatic rings. The first kappa shape index (κ1) is 6.73. The zero-order valence-corrected chi connectivity index (χ0v) is 5.43. The molecular weight excluding hydrogens is 134 g/mol. The molecule has 10 heavy (non-hydrogen) atoms. The van der Waals surface area contributed by atoms with E-state index in [1.54, 1.807) is 0 Å². The monoisotopic (exact) mass is 141 g/mol. The van der Waals surface area contributed by atoms with E-state index >= 15 is 0 Å². The van der Waals surface area contributed by atoms with Gasteiger partial charge in [0.05, 0.1) is 12.4 Å². The molecule has 0 radical (unpaired) electrons. The lowest BCUT2D eigenvalue weighted by molar-refractivity contribution is -0.141. The maximum absolute atomic E-state index is 10.3. The zero-order chi connectivity index (χ0) is 7.56. The Labute approximate surface area is 57.3 Å². The summed E-state index contributed by atoms with van der Waals surface area (Å²) < 4.78 is 0. The number of aliphatic carboxylic acids is 1. The van der Waals surface area contributed by atoms with Crippen molar-refractivity contribution in [2.45, 2.75) is 13.0 Å². The molecule has 0 fully saturated rings. The molecule has 1 aromatic heterocycles. The Morgan fingerprint density at radius 1 is 1.60 bits per heavy atom. The van der Waals surface area contributed by atoms with Crippen molar-refractivity contribution in [2.24, 2.45) is 0 Å². The van der Waals surface area contributed by atoms with E-state index in [9.17, 15) is 4.79 Å². The number of hydrogen-bond acceptors (Lipinski definition) is 3. The van der Waals surface area contributed by atoms with Crippen LogP contribution in [-0.2, 0) is 4.79 Å². The number of aromatic nitrogens is 3. The van der Waals surface area contributed by atoms with E-state index in [0.29, 0.717) is 0 Å². The molecule has 0 spiro atoms. The molecule has 0 aromatic carbocycles. The average Bonchev–Trinajstić information content (AvgIpc) is 2.36. The van der Waals surface area contributed by atoms with E-state index in [-0.39, 0.29) is 0 Å². The fourth-order valence-electron chi connectivity index (χ4n) is 0.525. The topological polar surface area (TPSA) is 68.0 Å². The van der Waals surface area contributed by atoms with Crippen molar-refractivity contribution >= 4 is 5.97 Å². The van der Waals surface area contributed by atoms with Crippen LogP contribution in [0.5, 0.6) is 0 Å². The van der Waals surface area contributed by atoms with Crippen molar-refractivity contribution < 1.29 is 9.90 Å². The zero-order valence-electron chi connectivity index (χ0n) is 5.43. The molecule has 0 aliphatic heterocycles. The Bertz CT molecular complexity index is 219. The molecule has 1 rings (SSSR count). The number of rotatable bonds is 2. The van der Waals surface area contributed by atoms with Gasteiger partial charge in [0.2, 0.25) is 0 Å². The summed E-state index contributed by atoms with van der Waals surface area (Å²) in [5, 5.41) is 15.8. The lowest BCUT2D eigenvalue weighted by Crippen LogP contribution is -2.17. The van der Waals surface area contributed by atoms with Gasteiger partial charge in [0.15, 0.2) is 6.04 Å². The van der Waals surface area contributed by atoms with Crippen molar-refractivity contribution in [3.8, 4) is 0 Å². The van der Waals surface area contributed by atoms with Crippen LogP contribution in [0.3, 0.4) is 0 Å². The van der Waals surface area contributed by atoms with E-state index in [0.717, 1.165) is 4.80 Å². The lowest BCUT2D eigenvalue weighted by atomic mass is 10.4. The van der Waals surface area contributed by atoms with E-state index in [1.165, 1.54) is 19.3 Å². The average molecular weight is 141 g/mol. The van der Waals surface area contributed by atoms with Gasteiger partial charge in [-0.2, -0.15) is 15.0 Å². The van der Waals surface area contributed by atoms with Gasteiger partial charge in [-0.1, -0.05) is 0 Å². The molecule has 1 aromatic rings. The van der Waals surface area contributed by atoms with Crippen LogP contribution >= 0.6 is 0 Å². The fraction of sp³-hybridized carbons (Fsp3) is 0.400. The lowest BCUT2D eigenvalue weighted by Gasteiger charge is -2.02. The second kappa shape index (κ2) is 2.47. The third-order valence-corrected chi connectivity index (χ3v) is 1.14. The van der Waals surface area contributed by atoms with Crippen LogP contribution in [0.2, 0.25) is 0 Å². The van der Waals surface area contributed by atoms with Crippen LogP contribution < -0.4 is 0 Å². The summed E-state index contributed by atoms with van der Waals surface area (Å²) in [5.41, 5.74) is 0. The van der Waals surface area contributed by atoms with Crippen molar-refractivity contribution in [3.63, 3.8) is 0 Å². The van der Waals surface area contributed by atoms with Gasteiger partial charge in [-0.05, 0) is 6.92 Å². The van der Waals surface area contributed by atoms with Gasteiger partial charge in [-0.15, -0.1) is 0 Å². The number of carboxylic acid groups (broad SMARTS) is 1. The van der Waals surface area contributed by atoms with E-state index in [2.05, 4.69) is 10.2 Å². The summed E-state index contributed by atoms with van der Waals surface area (Å²) in [6, 6.07) is -0.685. The summed E-state index contributed by atoms with van der Waals surface area (Å²) in [7, 11) is 0. The molecule has 5 nitrogen and oxygen atoms in total. The van der Waals surface area contributed by atoms with Gasteiger partial charge in [-0.3, -0.25) is 0 Å². The van der Waals surface area contributed by atoms with Gasteiger partial charge >= 0.3 is 5.97 Å². The van der Waals surface area contributed by atoms with Gasteiger partial charge in [0.1, 0.15) is 0 Å². The molecule has 0 unspecified atom stereocenters. The Hall–Kier alpha value is -1.39. The second-order valence-corrected chi connectivity index (χ2v) is 1.86. The first-order chi connectivity index (χ1) is 4.72. The van der Waals surface area contributed by atoms with Gasteiger partial charge in [0, 0.05) is 0 Å². The molecule has 0 aliphatic carbocycles. The third-order valence-electron chi connectivity index (χ3n) is 1.14. The maximum Gasteiger partial charge on any atom is 0.330 e. The van der Waals surface area contributed by atoms with Crippen molar-refractivity contribution in [1.29, 1.82) is 0 Å². The maximum atomic E-state index is 10.3. The largest absolute Gasteiger partial charge is 0.480 e. The SMILES string of the molecule is C[C@H](C(=O)O)n1nccn1. The fourth-order valence-corrected chi connectivity index (χ4v) is 0.525. The Balaban J connectivity index is 2.77. The summed E-state index contributed by atoms with van der Waals surface area (Å²) >= 11 is 0. The van der Waals surface area contributed by atoms with E-state index in [4.69, 9.17) is 5.11 Å². The van der Waals surface area contributed by atoms with E-state index < -0.39 is 12.0 Å². The van der Waals surface area contributed by atoms with Crippen molar-refractivity contribution in [3.05, 3.63) is 12.4 Å². The molecule has 0 amide bonds. The summed E-state index contributed by atoms with van der Waals surface area (Å²) in [4.78, 5) is 11.4. The van der Waals surface area contributed by atoms with Gasteiger partial charge < -0.3 is 5.11 Å². The second-order valence-electron chi connectivity index (χ2n) is 1.86. The minimum Gasteiger partial charge on any atom is -0.480 e. The van der Waals surface area contributed by atoms with Gasteiger partial charge in [0.25, 0.3) is 0 Å². The molecule has 0 saturated carbocycles. The normalized spacial score (nSPS) is 12.9. The summed E-state index contributed by atoms with van der Waals surface area (Å²) in [5.74, 6) is -0.934. The highest BCUT2D eigenvalue weighted by molar-refractivity contribution is 5.70. The van der Waals surface area contributed by atoms with Crippen LogP contribution in [0.4, 0.5) is 0 Å². The molecular formula is C5H7N3O2. The van der Waals surface area contributed by atoms with Crippen LogP contribution in [0.25, 0.3) is 0 Å². The predicted octanol–water partition coefficient (Wildman–Crippen LogP) is -0.0763. The molecule has 54 valence electrons. The number of hydrogen-bond donors (Lipinski definition) is 1. The number of carbonyl (C=O) groups is 1. The van der Waals surface area contributed by atoms with Crippen LogP contribution in [0, 0.1) is 0 Å². The Morgan fingerprint density at radius 2 is 2.10 bits per heavy atom. The molecule has 1 N–H and O–H groups in total. The quantitative estimate of drug-likeness (QED) is 0.625. The molecule has 1 atom stereocenters. The minimum absolute atomic E-state index is 0.685. The number of nitrogens with zero attached hydrogens (tertiary/aromatic N) is 3. The Kier molecular flexibility index (Phi) is 1.66. The highest BCUT2D eigenvalue weighted by Gasteiger charge is 2.13. The van der Waals surface area contributed by atoms with Crippen molar-refractivity contribution in [1.82, 2.24) is 15.0 Å². The van der Waals surface area contributed by atoms with Crippen LogP contribution in [0.15, 0.2) is 12.4 Å². The smallest absolute Gasteiger partial charge is 0.330 e. The summed E-state index contributed by atoms with van der Waals surface area (Å²) in [6.07, 6.45) is 2.89. The first-order valence-electron chi connectivity index (χ1n) is 2.80. The molecule has 1 heterocycles. The number of carboxylic acids is 1. The third kappa shape index (κ3) is 1.12. The van der Waals surface area contributed by atoms with Gasteiger partial charge in [-0.25, -0.2) is 4.79 Å². The first-order valence-corrected chi connectivity index (χ1v) is 2.80. The minimum atomic E-state index is -0.934.